The van der Waals surface area contributed by atoms with Crippen LogP contribution in [0.25, 0.3) is 0 Å². The van der Waals surface area contributed by atoms with Gasteiger partial charge in [-0.3, -0.25) is 4.90 Å². The van der Waals surface area contributed by atoms with E-state index < -0.39 is 0 Å². The molecule has 1 saturated carbocycles. The van der Waals surface area contributed by atoms with Crippen LogP contribution in [0.4, 0.5) is 0 Å². The maximum Gasteiger partial charge on any atom is 0.0609 e. The van der Waals surface area contributed by atoms with Crippen LogP contribution in [0.1, 0.15) is 47.5 Å². The topological polar surface area (TPSA) is 35.5 Å². The molecule has 1 rings (SSSR count). The summed E-state index contributed by atoms with van der Waals surface area (Å²) in [4.78, 5) is 2.31. The molecule has 0 spiro atoms. The average Bonchev–Trinajstić information content (AvgIpc) is 2.57. The predicted molar refractivity (Wildman–Crippen MR) is 77.8 cm³/mol. The van der Waals surface area contributed by atoms with E-state index in [0.717, 1.165) is 13.1 Å². The summed E-state index contributed by atoms with van der Waals surface area (Å²) in [5.41, 5.74) is 0.272. The first-order valence-corrected chi connectivity index (χ1v) is 7.30. The summed E-state index contributed by atoms with van der Waals surface area (Å²) in [6.07, 6.45) is 2.58. The van der Waals surface area contributed by atoms with Crippen molar-refractivity contribution in [3.05, 3.63) is 0 Å². The zero-order chi connectivity index (χ0) is 14.0. The molecule has 2 atom stereocenters. The lowest BCUT2D eigenvalue weighted by molar-refractivity contribution is 0.0602. The summed E-state index contributed by atoms with van der Waals surface area (Å²) in [5, 5.41) is 13.1. The first kappa shape index (κ1) is 15.9. The Morgan fingerprint density at radius 3 is 2.50 bits per heavy atom. The van der Waals surface area contributed by atoms with Gasteiger partial charge in [0.25, 0.3) is 0 Å². The number of nitrogens with zero attached hydrogens (tertiary/aromatic N) is 1. The molecule has 0 aromatic heterocycles. The molecule has 1 aliphatic carbocycles. The fourth-order valence-corrected chi connectivity index (χ4v) is 3.10. The fourth-order valence-electron chi connectivity index (χ4n) is 3.10. The first-order chi connectivity index (χ1) is 8.24. The van der Waals surface area contributed by atoms with Gasteiger partial charge >= 0.3 is 0 Å². The normalized spacial score (nSPS) is 28.0. The van der Waals surface area contributed by atoms with E-state index >= 15 is 0 Å². The van der Waals surface area contributed by atoms with E-state index in [1.165, 1.54) is 12.8 Å². The number of hydrogen-bond donors (Lipinski definition) is 2. The van der Waals surface area contributed by atoms with Crippen LogP contribution < -0.4 is 5.32 Å². The number of aliphatic hydroxyl groups excluding tert-OH is 1. The van der Waals surface area contributed by atoms with Crippen LogP contribution in [-0.2, 0) is 0 Å². The summed E-state index contributed by atoms with van der Waals surface area (Å²) in [7, 11) is 2.13. The molecule has 0 aliphatic heterocycles. The van der Waals surface area contributed by atoms with Gasteiger partial charge in [-0.15, -0.1) is 0 Å². The molecule has 3 nitrogen and oxygen atoms in total. The third-order valence-electron chi connectivity index (χ3n) is 4.83. The van der Waals surface area contributed by atoms with Gasteiger partial charge in [0.15, 0.2) is 0 Å². The fraction of sp³-hybridized carbons (Fsp3) is 1.00. The van der Waals surface area contributed by atoms with Gasteiger partial charge in [0.2, 0.25) is 0 Å². The van der Waals surface area contributed by atoms with Gasteiger partial charge in [-0.1, -0.05) is 20.8 Å². The minimum Gasteiger partial charge on any atom is -0.394 e. The highest BCUT2D eigenvalue weighted by molar-refractivity contribution is 4.97. The molecule has 1 aliphatic rings. The van der Waals surface area contributed by atoms with Crippen molar-refractivity contribution in [2.45, 2.75) is 59.0 Å². The Kier molecular flexibility index (Phi) is 5.22. The standard InChI is InChI=1S/C15H32N2O/c1-7-16-13-12(8-9-14(13,2)3)10-17(6)15(4,5)11-18/h12-13,16,18H,7-11H2,1-6H3. The number of rotatable bonds is 6. The summed E-state index contributed by atoms with van der Waals surface area (Å²) in [5.74, 6) is 0.691. The first-order valence-electron chi connectivity index (χ1n) is 7.30. The van der Waals surface area contributed by atoms with Crippen LogP contribution in [-0.4, -0.2) is 48.3 Å². The number of hydrogen-bond acceptors (Lipinski definition) is 3. The highest BCUT2D eigenvalue weighted by Crippen LogP contribution is 2.41. The molecule has 1 fully saturated rings. The number of likely N-dealkylation sites (N-methyl/N-ethyl adjacent to an activating group) is 1. The second-order valence-corrected chi connectivity index (χ2v) is 7.17. The van der Waals surface area contributed by atoms with Crippen LogP contribution in [0.3, 0.4) is 0 Å². The van der Waals surface area contributed by atoms with Crippen LogP contribution in [0.2, 0.25) is 0 Å². The van der Waals surface area contributed by atoms with Crippen LogP contribution in [0.5, 0.6) is 0 Å². The van der Waals surface area contributed by atoms with Crippen LogP contribution in [0.15, 0.2) is 0 Å². The van der Waals surface area contributed by atoms with E-state index in [2.05, 4.69) is 51.9 Å². The van der Waals surface area contributed by atoms with E-state index in [1.807, 2.05) is 0 Å². The Morgan fingerprint density at radius 2 is 2.00 bits per heavy atom. The van der Waals surface area contributed by atoms with E-state index in [-0.39, 0.29) is 12.1 Å². The summed E-state index contributed by atoms with van der Waals surface area (Å²) in [6.45, 7) is 13.5. The van der Waals surface area contributed by atoms with Gasteiger partial charge in [-0.25, -0.2) is 0 Å². The molecule has 0 aromatic carbocycles. The second-order valence-electron chi connectivity index (χ2n) is 7.17. The maximum absolute atomic E-state index is 9.45. The van der Waals surface area contributed by atoms with E-state index in [4.69, 9.17) is 0 Å². The van der Waals surface area contributed by atoms with Gasteiger partial charge in [0, 0.05) is 18.1 Å². The highest BCUT2D eigenvalue weighted by atomic mass is 16.3. The molecular formula is C15H32N2O. The molecule has 18 heavy (non-hydrogen) atoms. The quantitative estimate of drug-likeness (QED) is 0.764. The van der Waals surface area contributed by atoms with Gasteiger partial charge in [-0.05, 0) is 51.6 Å². The van der Waals surface area contributed by atoms with Gasteiger partial charge in [-0.2, -0.15) is 0 Å². The van der Waals surface area contributed by atoms with Crippen molar-refractivity contribution in [1.82, 2.24) is 10.2 Å². The average molecular weight is 256 g/mol. The monoisotopic (exact) mass is 256 g/mol. The number of aliphatic hydroxyl groups is 1. The van der Waals surface area contributed by atoms with E-state index in [1.54, 1.807) is 0 Å². The molecule has 0 heterocycles. The zero-order valence-electron chi connectivity index (χ0n) is 13.1. The van der Waals surface area contributed by atoms with Crippen molar-refractivity contribution in [1.29, 1.82) is 0 Å². The van der Waals surface area contributed by atoms with E-state index in [9.17, 15) is 5.11 Å². The summed E-state index contributed by atoms with van der Waals surface area (Å²) < 4.78 is 0. The maximum atomic E-state index is 9.45. The van der Waals surface area contributed by atoms with Gasteiger partial charge in [0.1, 0.15) is 0 Å². The zero-order valence-corrected chi connectivity index (χ0v) is 13.1. The third-order valence-corrected chi connectivity index (χ3v) is 4.83. The van der Waals surface area contributed by atoms with E-state index in [0.29, 0.717) is 17.4 Å². The lowest BCUT2D eigenvalue weighted by Gasteiger charge is -2.39. The third kappa shape index (κ3) is 3.46. The molecule has 0 amide bonds. The summed E-state index contributed by atoms with van der Waals surface area (Å²) >= 11 is 0. The smallest absolute Gasteiger partial charge is 0.0609 e. The Bertz CT molecular complexity index is 263. The largest absolute Gasteiger partial charge is 0.394 e. The van der Waals surface area contributed by atoms with Crippen molar-refractivity contribution in [3.63, 3.8) is 0 Å². The second kappa shape index (κ2) is 5.89. The molecular weight excluding hydrogens is 224 g/mol. The Balaban J connectivity index is 2.66. The Morgan fingerprint density at radius 1 is 1.39 bits per heavy atom. The lowest BCUT2D eigenvalue weighted by atomic mass is 9.84. The van der Waals surface area contributed by atoms with Gasteiger partial charge < -0.3 is 10.4 Å². The van der Waals surface area contributed by atoms with Crippen molar-refractivity contribution in [3.8, 4) is 0 Å². The molecule has 0 radical (unpaired) electrons. The van der Waals surface area contributed by atoms with Crippen molar-refractivity contribution in [2.75, 3.05) is 26.7 Å². The van der Waals surface area contributed by atoms with Crippen molar-refractivity contribution < 1.29 is 5.11 Å². The number of nitrogens with one attached hydrogen (secondary N) is 1. The molecule has 3 heteroatoms. The van der Waals surface area contributed by atoms with Crippen LogP contribution >= 0.6 is 0 Å². The molecule has 0 aromatic rings. The van der Waals surface area contributed by atoms with Gasteiger partial charge in [0.05, 0.1) is 6.61 Å². The Labute approximate surface area is 113 Å². The lowest BCUT2D eigenvalue weighted by Crippen LogP contribution is -2.50. The highest BCUT2D eigenvalue weighted by Gasteiger charge is 2.42. The molecule has 0 saturated heterocycles. The van der Waals surface area contributed by atoms with Crippen LogP contribution in [0, 0.1) is 11.3 Å². The SMILES string of the molecule is CCNC1C(CN(C)C(C)(C)CO)CCC1(C)C. The minimum absolute atomic E-state index is 0.122. The molecule has 108 valence electrons. The summed E-state index contributed by atoms with van der Waals surface area (Å²) in [6, 6.07) is 0.597. The molecule has 2 N–H and O–H groups in total. The van der Waals surface area contributed by atoms with Crippen molar-refractivity contribution in [2.24, 2.45) is 11.3 Å². The molecule has 0 bridgehead atoms. The predicted octanol–water partition coefficient (Wildman–Crippen LogP) is 2.10. The molecule has 2 unspecified atom stereocenters. The Hall–Kier alpha value is -0.120. The van der Waals surface area contributed by atoms with Crippen molar-refractivity contribution >= 4 is 0 Å². The minimum atomic E-state index is -0.122.